The molecule has 1 aromatic rings. The molecule has 0 unspecified atom stereocenters. The third-order valence-corrected chi connectivity index (χ3v) is 13.1. The van der Waals surface area contributed by atoms with Gasteiger partial charge in [0.15, 0.2) is 0 Å². The number of likely N-dealkylation sites (tertiary alicyclic amines) is 1. The zero-order chi connectivity index (χ0) is 31.7. The van der Waals surface area contributed by atoms with Crippen molar-refractivity contribution in [3.05, 3.63) is 21.9 Å². The Labute approximate surface area is 273 Å². The molecule has 2 heterocycles. The zero-order valence-electron chi connectivity index (χ0n) is 27.6. The Balaban J connectivity index is 1.24. The molecule has 3 amide bonds. The van der Waals surface area contributed by atoms with Gasteiger partial charge < -0.3 is 9.64 Å². The van der Waals surface area contributed by atoms with Gasteiger partial charge in [-0.2, -0.15) is 0 Å². The molecular formula is C37H52N2O5S. The Morgan fingerprint density at radius 1 is 0.911 bits per heavy atom. The lowest BCUT2D eigenvalue weighted by atomic mass is 9.71. The highest BCUT2D eigenvalue weighted by Crippen LogP contribution is 2.49. The number of carbonyl (C=O) groups excluding carboxylic acids is 4. The number of rotatable bonds is 6. The number of allylic oxidation sites excluding steroid dienone is 2. The van der Waals surface area contributed by atoms with Crippen molar-refractivity contribution in [1.82, 2.24) is 4.90 Å². The van der Waals surface area contributed by atoms with E-state index in [-0.39, 0.29) is 47.0 Å². The highest BCUT2D eigenvalue weighted by atomic mass is 32.1. The summed E-state index contributed by atoms with van der Waals surface area (Å²) in [5.41, 5.74) is 1.77. The molecule has 8 heteroatoms. The molecule has 4 fully saturated rings. The van der Waals surface area contributed by atoms with E-state index in [9.17, 15) is 19.2 Å². The minimum atomic E-state index is -0.382. The molecular weight excluding hydrogens is 584 g/mol. The Bertz CT molecular complexity index is 1310. The van der Waals surface area contributed by atoms with Crippen LogP contribution in [0.5, 0.6) is 0 Å². The van der Waals surface area contributed by atoms with Crippen LogP contribution in [0.25, 0.3) is 5.57 Å². The summed E-state index contributed by atoms with van der Waals surface area (Å²) in [6, 6.07) is 2.04. The van der Waals surface area contributed by atoms with Crippen molar-refractivity contribution in [1.29, 1.82) is 0 Å². The monoisotopic (exact) mass is 636 g/mol. The average Bonchev–Trinajstić information content (AvgIpc) is 3.64. The van der Waals surface area contributed by atoms with Crippen molar-refractivity contribution in [2.75, 3.05) is 18.6 Å². The maximum absolute atomic E-state index is 14.5. The van der Waals surface area contributed by atoms with Gasteiger partial charge in [0, 0.05) is 35.7 Å². The Kier molecular flexibility index (Phi) is 9.89. The maximum Gasteiger partial charge on any atom is 0.350 e. The number of carbonyl (C=O) groups is 4. The molecule has 246 valence electrons. The fraction of sp³-hybridized carbons (Fsp3) is 0.730. The van der Waals surface area contributed by atoms with Gasteiger partial charge in [0.1, 0.15) is 4.88 Å². The lowest BCUT2D eigenvalue weighted by Crippen LogP contribution is -2.48. The number of amides is 3. The molecule has 0 atom stereocenters. The number of methoxy groups -OCH3 is 1. The predicted octanol–water partition coefficient (Wildman–Crippen LogP) is 8.17. The standard InChI is InChI=1S/C37H52N2O5S/c1-24-9-13-27(14-10-24)34(41)38-23-37(22-32(38)40)19-17-29(18-20-37)39(35(42)28-15-11-25(2)12-16-28)30-21-31(26-7-5-4-6-8-26)45-33(30)36(43)44-3/h7,21,24-25,27-29H,4-6,8-20,22-23H2,1-3H3/t24-,25-,27-,28-,29-,37+. The van der Waals surface area contributed by atoms with Gasteiger partial charge in [-0.25, -0.2) is 4.79 Å². The van der Waals surface area contributed by atoms with E-state index in [0.717, 1.165) is 101 Å². The lowest BCUT2D eigenvalue weighted by Gasteiger charge is -2.43. The Morgan fingerprint density at radius 3 is 2.16 bits per heavy atom. The van der Waals surface area contributed by atoms with Gasteiger partial charge in [-0.3, -0.25) is 19.3 Å². The summed E-state index contributed by atoms with van der Waals surface area (Å²) in [4.78, 5) is 59.6. The molecule has 0 bridgehead atoms. The van der Waals surface area contributed by atoms with Crippen LogP contribution in [0.3, 0.4) is 0 Å². The van der Waals surface area contributed by atoms with Gasteiger partial charge in [-0.1, -0.05) is 19.9 Å². The predicted molar refractivity (Wildman–Crippen MR) is 178 cm³/mol. The van der Waals surface area contributed by atoms with E-state index in [0.29, 0.717) is 35.4 Å². The number of imide groups is 1. The highest BCUT2D eigenvalue weighted by molar-refractivity contribution is 7.15. The molecule has 7 nitrogen and oxygen atoms in total. The fourth-order valence-electron chi connectivity index (χ4n) is 8.85. The first-order valence-corrected chi connectivity index (χ1v) is 18.6. The molecule has 4 aliphatic carbocycles. The van der Waals surface area contributed by atoms with Crippen molar-refractivity contribution < 1.29 is 23.9 Å². The number of nitrogens with zero attached hydrogens (tertiary/aromatic N) is 2. The van der Waals surface area contributed by atoms with E-state index < -0.39 is 0 Å². The molecule has 1 spiro atoms. The van der Waals surface area contributed by atoms with Crippen molar-refractivity contribution in [3.8, 4) is 0 Å². The summed E-state index contributed by atoms with van der Waals surface area (Å²) in [6.45, 7) is 5.03. The lowest BCUT2D eigenvalue weighted by molar-refractivity contribution is -0.145. The first-order valence-electron chi connectivity index (χ1n) is 17.8. The van der Waals surface area contributed by atoms with Crippen LogP contribution in [0.4, 0.5) is 5.69 Å². The number of hydrogen-bond donors (Lipinski definition) is 0. The van der Waals surface area contributed by atoms with Gasteiger partial charge >= 0.3 is 5.97 Å². The number of ether oxygens (including phenoxy) is 1. The number of anilines is 1. The van der Waals surface area contributed by atoms with Crippen LogP contribution in [0.1, 0.15) is 138 Å². The second kappa shape index (κ2) is 13.7. The van der Waals surface area contributed by atoms with Crippen LogP contribution in [0.15, 0.2) is 12.1 Å². The van der Waals surface area contributed by atoms with Gasteiger partial charge in [-0.05, 0) is 132 Å². The quantitative estimate of drug-likeness (QED) is 0.232. The summed E-state index contributed by atoms with van der Waals surface area (Å²) >= 11 is 1.47. The van der Waals surface area contributed by atoms with E-state index in [4.69, 9.17) is 4.74 Å². The van der Waals surface area contributed by atoms with E-state index in [2.05, 4.69) is 26.0 Å². The second-order valence-electron chi connectivity index (χ2n) is 15.1. The first kappa shape index (κ1) is 32.5. The summed E-state index contributed by atoms with van der Waals surface area (Å²) in [5, 5.41) is 0. The minimum Gasteiger partial charge on any atom is -0.465 e. The third kappa shape index (κ3) is 6.82. The first-order chi connectivity index (χ1) is 21.7. The smallest absolute Gasteiger partial charge is 0.350 e. The van der Waals surface area contributed by atoms with Crippen molar-refractivity contribution in [2.24, 2.45) is 29.1 Å². The molecule has 0 radical (unpaired) electrons. The molecule has 3 saturated carbocycles. The number of hydrogen-bond acceptors (Lipinski definition) is 6. The SMILES string of the molecule is COC(=O)c1sc(C2=CCCCC2)cc1N(C(=O)[C@H]1CC[C@H](C)CC1)[C@H]1CC[C@@]2(CC1)CC(=O)N(C(=O)[C@H]1CC[C@H](C)CC1)C2. The molecule has 0 N–H and O–H groups in total. The van der Waals surface area contributed by atoms with E-state index in [1.165, 1.54) is 30.4 Å². The summed E-state index contributed by atoms with van der Waals surface area (Å²) in [6.07, 6.45) is 18.0. The van der Waals surface area contributed by atoms with Crippen LogP contribution < -0.4 is 4.90 Å². The van der Waals surface area contributed by atoms with Gasteiger partial charge in [0.2, 0.25) is 17.7 Å². The molecule has 1 aromatic heterocycles. The second-order valence-corrected chi connectivity index (χ2v) is 16.2. The maximum atomic E-state index is 14.5. The van der Waals surface area contributed by atoms with Crippen molar-refractivity contribution >= 4 is 46.3 Å². The number of thiophene rings is 1. The third-order valence-electron chi connectivity index (χ3n) is 11.9. The van der Waals surface area contributed by atoms with Gasteiger partial charge in [0.25, 0.3) is 0 Å². The van der Waals surface area contributed by atoms with E-state index in [1.54, 1.807) is 4.90 Å². The molecule has 1 saturated heterocycles. The normalized spacial score (nSPS) is 32.3. The average molecular weight is 637 g/mol. The van der Waals surface area contributed by atoms with Crippen LogP contribution in [0.2, 0.25) is 0 Å². The van der Waals surface area contributed by atoms with Gasteiger partial charge in [-0.15, -0.1) is 11.3 Å². The molecule has 45 heavy (non-hydrogen) atoms. The van der Waals surface area contributed by atoms with Crippen molar-refractivity contribution in [3.63, 3.8) is 0 Å². The van der Waals surface area contributed by atoms with E-state index >= 15 is 0 Å². The largest absolute Gasteiger partial charge is 0.465 e. The topological polar surface area (TPSA) is 84.0 Å². The van der Waals surface area contributed by atoms with Crippen LogP contribution in [-0.4, -0.2) is 48.3 Å². The molecule has 1 aliphatic heterocycles. The zero-order valence-corrected chi connectivity index (χ0v) is 28.4. The molecule has 6 rings (SSSR count). The van der Waals surface area contributed by atoms with Gasteiger partial charge in [0.05, 0.1) is 12.8 Å². The van der Waals surface area contributed by atoms with E-state index in [1.807, 2.05) is 4.90 Å². The van der Waals surface area contributed by atoms with Crippen LogP contribution in [0, 0.1) is 29.1 Å². The minimum absolute atomic E-state index is 0.0162. The van der Waals surface area contributed by atoms with Crippen LogP contribution in [-0.2, 0) is 19.1 Å². The molecule has 0 aromatic carbocycles. The van der Waals surface area contributed by atoms with Crippen LogP contribution >= 0.6 is 11.3 Å². The molecule has 5 aliphatic rings. The fourth-order valence-corrected chi connectivity index (χ4v) is 9.99. The summed E-state index contributed by atoms with van der Waals surface area (Å²) < 4.78 is 5.27. The Hall–Kier alpha value is -2.48. The number of esters is 1. The Morgan fingerprint density at radius 2 is 1.56 bits per heavy atom. The summed E-state index contributed by atoms with van der Waals surface area (Å²) in [5.74, 6) is 1.01. The van der Waals surface area contributed by atoms with Crippen molar-refractivity contribution in [2.45, 2.75) is 129 Å². The summed E-state index contributed by atoms with van der Waals surface area (Å²) in [7, 11) is 1.42. The highest BCUT2D eigenvalue weighted by Gasteiger charge is 2.50.